The van der Waals surface area contributed by atoms with E-state index in [1.165, 1.54) is 167 Å². The van der Waals surface area contributed by atoms with Crippen molar-refractivity contribution in [3.8, 4) is 0 Å². The lowest BCUT2D eigenvalue weighted by Crippen LogP contribution is -2.08. The minimum absolute atomic E-state index is 0.796. The van der Waals surface area contributed by atoms with E-state index in [9.17, 15) is 0 Å². The van der Waals surface area contributed by atoms with Gasteiger partial charge >= 0.3 is 0 Å². The first-order valence-corrected chi connectivity index (χ1v) is 18.3. The Morgan fingerprint density at radius 2 is 0.600 bits per heavy atom. The van der Waals surface area contributed by atoms with Crippen LogP contribution in [-0.4, -0.2) is 0 Å². The maximum Gasteiger partial charge on any atom is -0.0348 e. The number of rotatable bonds is 31. The van der Waals surface area contributed by atoms with E-state index in [0.29, 0.717) is 0 Å². The Bertz CT molecular complexity index is 527. The van der Waals surface area contributed by atoms with Gasteiger partial charge in [-0.3, -0.25) is 0 Å². The van der Waals surface area contributed by atoms with Crippen LogP contribution in [0.2, 0.25) is 0 Å². The van der Waals surface area contributed by atoms with Crippen molar-refractivity contribution in [1.82, 2.24) is 0 Å². The fourth-order valence-corrected chi connectivity index (χ4v) is 5.52. The largest absolute Gasteiger partial charge is 0.0885 e. The summed E-state index contributed by atoms with van der Waals surface area (Å²) in [6, 6.07) is 0. The normalized spacial score (nSPS) is 12.7. The summed E-state index contributed by atoms with van der Waals surface area (Å²) in [4.78, 5) is 0. The lowest BCUT2D eigenvalue weighted by molar-refractivity contribution is 0.341. The van der Waals surface area contributed by atoms with Crippen molar-refractivity contribution < 1.29 is 0 Å². The number of unbranched alkanes of at least 4 members (excludes halogenated alkanes) is 18. The van der Waals surface area contributed by atoms with Crippen LogP contribution in [0.1, 0.15) is 195 Å². The van der Waals surface area contributed by atoms with Crippen LogP contribution in [0.5, 0.6) is 0 Å². The van der Waals surface area contributed by atoms with Crippen LogP contribution in [0.15, 0.2) is 48.6 Å². The summed E-state index contributed by atoms with van der Waals surface area (Å²) in [7, 11) is 0. The van der Waals surface area contributed by atoms with Crippen LogP contribution < -0.4 is 0 Å². The first-order chi connectivity index (χ1) is 19.7. The van der Waals surface area contributed by atoms with E-state index in [2.05, 4.69) is 76.3 Å². The fraction of sp³-hybridized carbons (Fsp3) is 0.800. The van der Waals surface area contributed by atoms with Gasteiger partial charge in [0.25, 0.3) is 0 Å². The van der Waals surface area contributed by atoms with Crippen LogP contribution in [0.4, 0.5) is 0 Å². The highest BCUT2D eigenvalue weighted by atomic mass is 14.2. The fourth-order valence-electron chi connectivity index (χ4n) is 5.52. The van der Waals surface area contributed by atoms with E-state index in [0.717, 1.165) is 11.8 Å². The molecule has 0 bridgehead atoms. The topological polar surface area (TPSA) is 0 Å². The summed E-state index contributed by atoms with van der Waals surface area (Å²) in [5.41, 5.74) is 0. The minimum Gasteiger partial charge on any atom is -0.0885 e. The molecule has 0 atom stereocenters. The van der Waals surface area contributed by atoms with E-state index >= 15 is 0 Å². The number of hydrogen-bond acceptors (Lipinski definition) is 0. The molecule has 234 valence electrons. The number of allylic oxidation sites excluding steroid dienone is 8. The molecule has 0 amide bonds. The van der Waals surface area contributed by atoms with E-state index in [1.54, 1.807) is 0 Å². The Labute approximate surface area is 254 Å². The average molecular weight is 555 g/mol. The highest BCUT2D eigenvalue weighted by Crippen LogP contribution is 2.23. The first kappa shape index (κ1) is 39.0. The zero-order valence-corrected chi connectivity index (χ0v) is 28.2. The van der Waals surface area contributed by atoms with Gasteiger partial charge in [-0.1, -0.05) is 153 Å². The minimum atomic E-state index is 0.796. The van der Waals surface area contributed by atoms with Crippen molar-refractivity contribution in [2.75, 3.05) is 0 Å². The Balaban J connectivity index is 3.63. The van der Waals surface area contributed by atoms with Gasteiger partial charge in [0.05, 0.1) is 0 Å². The van der Waals surface area contributed by atoms with Gasteiger partial charge in [0, 0.05) is 0 Å². The second kappa shape index (κ2) is 34.2. The summed E-state index contributed by atoms with van der Waals surface area (Å²) in [6.45, 7) is 9.41. The standard InChI is InChI=1S/C40H74/c1-5-7-9-11-13-15-17-19-21-23-25-27-29-31-33-35-37-40(39(3)4)38-36-34-32-30-28-26-24-22-20-18-16-14-12-10-8-6-2/h21-24,31-34,39-40H,5-20,25-30,35-38H2,1-4H3/b23-21+,24-22+,33-31+,34-32+. The first-order valence-electron chi connectivity index (χ1n) is 18.3. The van der Waals surface area contributed by atoms with Crippen molar-refractivity contribution in [3.05, 3.63) is 48.6 Å². The Hall–Kier alpha value is -1.04. The molecule has 0 aromatic heterocycles. The summed E-state index contributed by atoms with van der Waals surface area (Å²) >= 11 is 0. The van der Waals surface area contributed by atoms with Crippen LogP contribution >= 0.6 is 0 Å². The summed E-state index contributed by atoms with van der Waals surface area (Å²) in [5.74, 6) is 1.66. The molecule has 0 heteroatoms. The molecule has 0 aliphatic heterocycles. The van der Waals surface area contributed by atoms with Gasteiger partial charge in [-0.2, -0.15) is 0 Å². The lowest BCUT2D eigenvalue weighted by Gasteiger charge is -2.19. The van der Waals surface area contributed by atoms with Crippen molar-refractivity contribution in [2.45, 2.75) is 195 Å². The molecular formula is C40H74. The predicted molar refractivity (Wildman–Crippen MR) is 186 cm³/mol. The second-order valence-electron chi connectivity index (χ2n) is 12.7. The van der Waals surface area contributed by atoms with E-state index in [1.807, 2.05) is 0 Å². The molecular weight excluding hydrogens is 480 g/mol. The molecule has 0 fully saturated rings. The Morgan fingerprint density at radius 1 is 0.325 bits per heavy atom. The Morgan fingerprint density at radius 3 is 0.925 bits per heavy atom. The molecule has 0 aromatic rings. The highest BCUT2D eigenvalue weighted by molar-refractivity contribution is 4.88. The van der Waals surface area contributed by atoms with Gasteiger partial charge in [0.15, 0.2) is 0 Å². The molecule has 0 rings (SSSR count). The van der Waals surface area contributed by atoms with Gasteiger partial charge in [-0.25, -0.2) is 0 Å². The second-order valence-corrected chi connectivity index (χ2v) is 12.7. The lowest BCUT2D eigenvalue weighted by atomic mass is 9.87. The molecule has 40 heavy (non-hydrogen) atoms. The molecule has 0 aromatic carbocycles. The molecule has 0 spiro atoms. The van der Waals surface area contributed by atoms with E-state index < -0.39 is 0 Å². The SMILES string of the molecule is CCCCCCCCC/C=C/CCC/C=C/CCC(CC/C=C/CCC/C=C/CCCCCCCCC)C(C)C. The van der Waals surface area contributed by atoms with Gasteiger partial charge in [0.2, 0.25) is 0 Å². The molecule has 0 radical (unpaired) electrons. The molecule has 0 aliphatic carbocycles. The van der Waals surface area contributed by atoms with E-state index in [-0.39, 0.29) is 0 Å². The van der Waals surface area contributed by atoms with Crippen molar-refractivity contribution in [3.63, 3.8) is 0 Å². The third kappa shape index (κ3) is 31.5. The van der Waals surface area contributed by atoms with Gasteiger partial charge in [-0.05, 0) is 102 Å². The molecule has 0 nitrogen and oxygen atoms in total. The Kier molecular flexibility index (Phi) is 33.3. The monoisotopic (exact) mass is 555 g/mol. The average Bonchev–Trinajstić information content (AvgIpc) is 2.95. The van der Waals surface area contributed by atoms with Crippen LogP contribution in [-0.2, 0) is 0 Å². The van der Waals surface area contributed by atoms with Crippen molar-refractivity contribution >= 4 is 0 Å². The molecule has 0 N–H and O–H groups in total. The van der Waals surface area contributed by atoms with Crippen molar-refractivity contribution in [2.24, 2.45) is 11.8 Å². The summed E-state index contributed by atoms with van der Waals surface area (Å²) in [5, 5.41) is 0. The number of hydrogen-bond donors (Lipinski definition) is 0. The quantitative estimate of drug-likeness (QED) is 0.0590. The molecule has 0 saturated heterocycles. The van der Waals surface area contributed by atoms with Gasteiger partial charge in [0.1, 0.15) is 0 Å². The van der Waals surface area contributed by atoms with Crippen molar-refractivity contribution in [1.29, 1.82) is 0 Å². The summed E-state index contributed by atoms with van der Waals surface area (Å²) in [6.07, 6.45) is 54.6. The zero-order valence-electron chi connectivity index (χ0n) is 28.2. The third-order valence-corrected chi connectivity index (χ3v) is 8.45. The predicted octanol–water partition coefficient (Wildman–Crippen LogP) is 14.7. The van der Waals surface area contributed by atoms with Gasteiger partial charge in [-0.15, -0.1) is 0 Å². The van der Waals surface area contributed by atoms with Crippen LogP contribution in [0, 0.1) is 11.8 Å². The van der Waals surface area contributed by atoms with E-state index in [4.69, 9.17) is 0 Å². The smallest absolute Gasteiger partial charge is 0.0348 e. The summed E-state index contributed by atoms with van der Waals surface area (Å²) < 4.78 is 0. The van der Waals surface area contributed by atoms with Crippen LogP contribution in [0.25, 0.3) is 0 Å². The maximum absolute atomic E-state index is 2.45. The molecule has 0 aliphatic rings. The highest BCUT2D eigenvalue weighted by Gasteiger charge is 2.11. The zero-order chi connectivity index (χ0) is 29.2. The van der Waals surface area contributed by atoms with Crippen LogP contribution in [0.3, 0.4) is 0 Å². The molecule has 0 heterocycles. The van der Waals surface area contributed by atoms with Gasteiger partial charge < -0.3 is 0 Å². The molecule has 0 saturated carbocycles. The maximum atomic E-state index is 2.45. The molecule has 0 unspecified atom stereocenters. The third-order valence-electron chi connectivity index (χ3n) is 8.45.